The molecule has 0 fully saturated rings. The average molecular weight is 368 g/mol. The zero-order chi connectivity index (χ0) is 19.6. The van der Waals surface area contributed by atoms with Crippen molar-refractivity contribution >= 4 is 28.9 Å². The molecule has 1 aromatic carbocycles. The first-order valence-electron chi connectivity index (χ1n) is 8.05. The molecule has 0 aliphatic heterocycles. The van der Waals surface area contributed by atoms with E-state index in [1.807, 2.05) is 19.1 Å². The molecule has 1 atom stereocenters. The van der Waals surface area contributed by atoms with E-state index in [1.54, 1.807) is 10.6 Å². The molecular weight excluding hydrogens is 352 g/mol. The van der Waals surface area contributed by atoms with Gasteiger partial charge >= 0.3 is 5.97 Å². The predicted octanol–water partition coefficient (Wildman–Crippen LogP) is 2.73. The van der Waals surface area contributed by atoms with E-state index < -0.39 is 22.9 Å². The number of hydrogen-bond donors (Lipinski definition) is 1. The van der Waals surface area contributed by atoms with Crippen LogP contribution in [0.5, 0.6) is 0 Å². The summed E-state index contributed by atoms with van der Waals surface area (Å²) < 4.78 is 6.83. The minimum absolute atomic E-state index is 0.0793. The van der Waals surface area contributed by atoms with Gasteiger partial charge in [-0.1, -0.05) is 6.07 Å². The third-order valence-corrected chi connectivity index (χ3v) is 3.80. The fourth-order valence-electron chi connectivity index (χ4n) is 2.40. The molecular formula is C18H16N4O5. The van der Waals surface area contributed by atoms with Gasteiger partial charge in [-0.2, -0.15) is 0 Å². The molecule has 0 saturated carbocycles. The van der Waals surface area contributed by atoms with Gasteiger partial charge in [-0.05, 0) is 37.6 Å². The van der Waals surface area contributed by atoms with Gasteiger partial charge in [-0.3, -0.25) is 14.9 Å². The summed E-state index contributed by atoms with van der Waals surface area (Å²) in [5.41, 5.74) is 1.75. The Balaban J connectivity index is 1.67. The maximum absolute atomic E-state index is 12.2. The first-order valence-corrected chi connectivity index (χ1v) is 8.05. The Morgan fingerprint density at radius 2 is 2.07 bits per heavy atom. The van der Waals surface area contributed by atoms with Crippen molar-refractivity contribution < 1.29 is 19.2 Å². The van der Waals surface area contributed by atoms with E-state index in [1.165, 1.54) is 37.4 Å². The van der Waals surface area contributed by atoms with Crippen LogP contribution in [0.2, 0.25) is 0 Å². The Hall–Kier alpha value is -3.75. The largest absolute Gasteiger partial charge is 0.448 e. The van der Waals surface area contributed by atoms with Crippen LogP contribution in [0.4, 0.5) is 11.4 Å². The summed E-state index contributed by atoms with van der Waals surface area (Å²) in [4.78, 5) is 38.8. The summed E-state index contributed by atoms with van der Waals surface area (Å²) in [6.07, 6.45) is 2.18. The Bertz CT molecular complexity index is 1040. The standard InChI is InChI=1S/C18H16N4O5/c1-11-6-7-21-10-15(20-16(21)8-11)18(24)27-12(2)17(23)19-13-4-3-5-14(9-13)22(25)26/h3-10,12H,1-2H3,(H,19,23). The number of pyridine rings is 1. The zero-order valence-electron chi connectivity index (χ0n) is 14.6. The second-order valence-electron chi connectivity index (χ2n) is 5.94. The van der Waals surface area contributed by atoms with Crippen molar-refractivity contribution in [1.29, 1.82) is 0 Å². The minimum atomic E-state index is -1.11. The Morgan fingerprint density at radius 3 is 2.81 bits per heavy atom. The van der Waals surface area contributed by atoms with Crippen molar-refractivity contribution in [3.63, 3.8) is 0 Å². The van der Waals surface area contributed by atoms with Gasteiger partial charge in [-0.15, -0.1) is 0 Å². The third kappa shape index (κ3) is 4.09. The van der Waals surface area contributed by atoms with Crippen LogP contribution >= 0.6 is 0 Å². The second-order valence-corrected chi connectivity index (χ2v) is 5.94. The fraction of sp³-hybridized carbons (Fsp3) is 0.167. The molecule has 9 heteroatoms. The maximum atomic E-state index is 12.2. The van der Waals surface area contributed by atoms with Crippen LogP contribution in [0.3, 0.4) is 0 Å². The highest BCUT2D eigenvalue weighted by Gasteiger charge is 2.21. The quantitative estimate of drug-likeness (QED) is 0.420. The van der Waals surface area contributed by atoms with Gasteiger partial charge in [0.2, 0.25) is 0 Å². The van der Waals surface area contributed by atoms with Gasteiger partial charge in [0.25, 0.3) is 11.6 Å². The van der Waals surface area contributed by atoms with Crippen LogP contribution in [0.25, 0.3) is 5.65 Å². The van der Waals surface area contributed by atoms with E-state index in [0.29, 0.717) is 5.65 Å². The lowest BCUT2D eigenvalue weighted by molar-refractivity contribution is -0.384. The summed E-state index contributed by atoms with van der Waals surface area (Å²) >= 11 is 0. The Labute approximate surface area is 153 Å². The second kappa shape index (κ2) is 7.24. The number of imidazole rings is 1. The molecule has 0 radical (unpaired) electrons. The SMILES string of the molecule is Cc1ccn2cc(C(=O)OC(C)C(=O)Nc3cccc([N+](=O)[O-])c3)nc2c1. The number of carbonyl (C=O) groups excluding carboxylic acids is 2. The van der Waals surface area contributed by atoms with Crippen molar-refractivity contribution in [3.8, 4) is 0 Å². The van der Waals surface area contributed by atoms with E-state index in [2.05, 4.69) is 10.3 Å². The molecule has 2 aromatic heterocycles. The number of ether oxygens (including phenoxy) is 1. The topological polar surface area (TPSA) is 116 Å². The molecule has 0 bridgehead atoms. The van der Waals surface area contributed by atoms with Crippen LogP contribution in [0.15, 0.2) is 48.8 Å². The number of rotatable bonds is 5. The number of aromatic nitrogens is 2. The lowest BCUT2D eigenvalue weighted by atomic mass is 10.2. The normalized spacial score (nSPS) is 11.8. The highest BCUT2D eigenvalue weighted by molar-refractivity contribution is 5.97. The number of fused-ring (bicyclic) bond motifs is 1. The van der Waals surface area contributed by atoms with Crippen LogP contribution in [0, 0.1) is 17.0 Å². The molecule has 27 heavy (non-hydrogen) atoms. The minimum Gasteiger partial charge on any atom is -0.448 e. The Morgan fingerprint density at radius 1 is 1.30 bits per heavy atom. The van der Waals surface area contributed by atoms with E-state index in [0.717, 1.165) is 5.56 Å². The lowest BCUT2D eigenvalue weighted by Gasteiger charge is -2.12. The number of anilines is 1. The molecule has 1 N–H and O–H groups in total. The van der Waals surface area contributed by atoms with Gasteiger partial charge < -0.3 is 14.5 Å². The van der Waals surface area contributed by atoms with Crippen molar-refractivity contribution in [3.05, 3.63) is 70.2 Å². The number of hydrogen-bond acceptors (Lipinski definition) is 6. The highest BCUT2D eigenvalue weighted by atomic mass is 16.6. The summed E-state index contributed by atoms with van der Waals surface area (Å²) in [6.45, 7) is 3.32. The molecule has 0 aliphatic carbocycles. The summed E-state index contributed by atoms with van der Waals surface area (Å²) in [7, 11) is 0. The molecule has 0 spiro atoms. The first kappa shape index (κ1) is 18.1. The Kier molecular flexibility index (Phi) is 4.84. The van der Waals surface area contributed by atoms with Crippen molar-refractivity contribution in [2.75, 3.05) is 5.32 Å². The number of non-ortho nitro benzene ring substituents is 1. The van der Waals surface area contributed by atoms with Crippen LogP contribution in [-0.4, -0.2) is 32.3 Å². The van der Waals surface area contributed by atoms with Gasteiger partial charge in [-0.25, -0.2) is 9.78 Å². The fourth-order valence-corrected chi connectivity index (χ4v) is 2.40. The molecule has 3 aromatic rings. The van der Waals surface area contributed by atoms with Gasteiger partial charge in [0.05, 0.1) is 4.92 Å². The van der Waals surface area contributed by atoms with E-state index in [-0.39, 0.29) is 17.1 Å². The highest BCUT2D eigenvalue weighted by Crippen LogP contribution is 2.17. The van der Waals surface area contributed by atoms with Gasteiger partial charge in [0.15, 0.2) is 11.8 Å². The number of benzene rings is 1. The number of nitrogens with one attached hydrogen (secondary N) is 1. The van der Waals surface area contributed by atoms with Gasteiger partial charge in [0, 0.05) is 30.2 Å². The van der Waals surface area contributed by atoms with E-state index >= 15 is 0 Å². The number of nitro benzene ring substituents is 1. The van der Waals surface area contributed by atoms with Crippen molar-refractivity contribution in [1.82, 2.24) is 9.38 Å². The molecule has 1 amide bonds. The van der Waals surface area contributed by atoms with Crippen molar-refractivity contribution in [2.24, 2.45) is 0 Å². The molecule has 1 unspecified atom stereocenters. The smallest absolute Gasteiger partial charge is 0.359 e. The molecule has 3 rings (SSSR count). The lowest BCUT2D eigenvalue weighted by Crippen LogP contribution is -2.30. The number of aryl methyl sites for hydroxylation is 1. The summed E-state index contributed by atoms with van der Waals surface area (Å²) in [6, 6.07) is 9.17. The summed E-state index contributed by atoms with van der Waals surface area (Å²) in [5.74, 6) is -1.35. The number of carbonyl (C=O) groups is 2. The monoisotopic (exact) mass is 368 g/mol. The van der Waals surface area contributed by atoms with E-state index in [9.17, 15) is 19.7 Å². The molecule has 138 valence electrons. The zero-order valence-corrected chi connectivity index (χ0v) is 14.6. The summed E-state index contributed by atoms with van der Waals surface area (Å²) in [5, 5.41) is 13.3. The first-order chi connectivity index (χ1) is 12.8. The van der Waals surface area contributed by atoms with Crippen LogP contribution in [0.1, 0.15) is 23.0 Å². The molecule has 9 nitrogen and oxygen atoms in total. The average Bonchev–Trinajstić information content (AvgIpc) is 3.05. The molecule has 0 saturated heterocycles. The number of esters is 1. The van der Waals surface area contributed by atoms with Crippen LogP contribution < -0.4 is 5.32 Å². The predicted molar refractivity (Wildman–Crippen MR) is 96.5 cm³/mol. The number of amides is 1. The molecule has 0 aliphatic rings. The molecule has 2 heterocycles. The van der Waals surface area contributed by atoms with Crippen molar-refractivity contribution in [2.45, 2.75) is 20.0 Å². The number of nitrogens with zero attached hydrogens (tertiary/aromatic N) is 3. The maximum Gasteiger partial charge on any atom is 0.359 e. The third-order valence-electron chi connectivity index (χ3n) is 3.80. The van der Waals surface area contributed by atoms with Gasteiger partial charge in [0.1, 0.15) is 5.65 Å². The van der Waals surface area contributed by atoms with E-state index in [4.69, 9.17) is 4.74 Å². The number of nitro groups is 1. The van der Waals surface area contributed by atoms with Crippen LogP contribution in [-0.2, 0) is 9.53 Å².